The first-order chi connectivity index (χ1) is 19.3. The van der Waals surface area contributed by atoms with Crippen LogP contribution in [0.25, 0.3) is 6.08 Å². The van der Waals surface area contributed by atoms with Gasteiger partial charge in [0.2, 0.25) is 0 Å². The smallest absolute Gasteiger partial charge is 0.336 e. The Hall–Kier alpha value is -4.43. The number of halogens is 3. The first-order valence-corrected chi connectivity index (χ1v) is 12.9. The van der Waals surface area contributed by atoms with Crippen LogP contribution in [0.1, 0.15) is 31.8 Å². The largest absolute Gasteiger partial charge is 0.423 e. The molecule has 0 saturated carbocycles. The fourth-order valence-electron chi connectivity index (χ4n) is 3.33. The third-order valence-corrected chi connectivity index (χ3v) is 6.08. The second-order valence-electron chi connectivity index (χ2n) is 8.23. The molecule has 4 rings (SSSR count). The minimum Gasteiger partial charge on any atom is -0.423 e. The number of nitrogens with zero attached hydrogens (tertiary/aromatic N) is 1. The van der Waals surface area contributed by atoms with Crippen molar-refractivity contribution in [3.05, 3.63) is 134 Å². The topological polar surface area (TPSA) is 96.9 Å². The van der Waals surface area contributed by atoms with Crippen molar-refractivity contribution in [2.24, 2.45) is 5.10 Å². The molecule has 2 amide bonds. The molecule has 4 aromatic rings. The van der Waals surface area contributed by atoms with E-state index in [0.717, 1.165) is 5.56 Å². The number of ether oxygens (including phenoxy) is 1. The maximum atomic E-state index is 12.5. The maximum absolute atomic E-state index is 12.5. The highest BCUT2D eigenvalue weighted by Gasteiger charge is 2.10. The van der Waals surface area contributed by atoms with Crippen LogP contribution in [-0.4, -0.2) is 24.0 Å². The summed E-state index contributed by atoms with van der Waals surface area (Å²) in [4.78, 5) is 37.2. The molecule has 0 spiro atoms. The molecule has 40 heavy (non-hydrogen) atoms. The van der Waals surface area contributed by atoms with Crippen molar-refractivity contribution < 1.29 is 19.1 Å². The van der Waals surface area contributed by atoms with Crippen LogP contribution in [0.15, 0.2) is 102 Å². The summed E-state index contributed by atoms with van der Waals surface area (Å²) in [7, 11) is 0. The molecule has 7 nitrogen and oxygen atoms in total. The van der Waals surface area contributed by atoms with Gasteiger partial charge >= 0.3 is 5.97 Å². The van der Waals surface area contributed by atoms with Gasteiger partial charge in [0, 0.05) is 43.5 Å². The number of carbonyl (C=O) groups excluding carboxylic acids is 3. The number of anilines is 1. The average molecular weight is 593 g/mol. The van der Waals surface area contributed by atoms with E-state index in [2.05, 4.69) is 15.8 Å². The standard InChI is InChI=1S/C30H20Cl3N3O4/c31-23-8-1-19(2-9-23)3-16-28(37)40-27-15-12-25(33)17-22(27)18-34-36-30(39)21-6-13-26(14-7-21)35-29(38)20-4-10-24(32)11-5-20/h1-18H,(H,35,38)(H,36,39)/b16-3+,34-18+. The number of rotatable bonds is 8. The number of hydrogen-bond acceptors (Lipinski definition) is 5. The molecule has 0 radical (unpaired) electrons. The van der Waals surface area contributed by atoms with E-state index >= 15 is 0 Å². The van der Waals surface area contributed by atoms with E-state index < -0.39 is 11.9 Å². The van der Waals surface area contributed by atoms with Crippen molar-refractivity contribution in [2.45, 2.75) is 0 Å². The molecular formula is C30H20Cl3N3O4. The number of hydrazone groups is 1. The lowest BCUT2D eigenvalue weighted by Crippen LogP contribution is -2.18. The number of nitrogens with one attached hydrogen (secondary N) is 2. The molecule has 0 bridgehead atoms. The first kappa shape index (κ1) is 28.6. The van der Waals surface area contributed by atoms with Gasteiger partial charge in [0.15, 0.2) is 0 Å². The Morgan fingerprint density at radius 1 is 0.700 bits per heavy atom. The Balaban J connectivity index is 1.35. The highest BCUT2D eigenvalue weighted by atomic mass is 35.5. The minimum atomic E-state index is -0.612. The molecular weight excluding hydrogens is 573 g/mol. The second-order valence-corrected chi connectivity index (χ2v) is 9.53. The zero-order chi connectivity index (χ0) is 28.5. The van der Waals surface area contributed by atoms with Crippen LogP contribution in [0.3, 0.4) is 0 Å². The van der Waals surface area contributed by atoms with Crippen LogP contribution >= 0.6 is 34.8 Å². The Bertz CT molecular complexity index is 1580. The number of benzene rings is 4. The highest BCUT2D eigenvalue weighted by Crippen LogP contribution is 2.22. The van der Waals surface area contributed by atoms with Crippen molar-refractivity contribution in [3.63, 3.8) is 0 Å². The fourth-order valence-corrected chi connectivity index (χ4v) is 3.76. The number of hydrogen-bond donors (Lipinski definition) is 2. The number of carbonyl (C=O) groups is 3. The van der Waals surface area contributed by atoms with Crippen LogP contribution in [0, 0.1) is 0 Å². The summed E-state index contributed by atoms with van der Waals surface area (Å²) in [6, 6.07) is 24.3. The minimum absolute atomic E-state index is 0.203. The fraction of sp³-hybridized carbons (Fsp3) is 0. The molecule has 0 aliphatic carbocycles. The molecule has 0 aromatic heterocycles. The summed E-state index contributed by atoms with van der Waals surface area (Å²) in [5, 5.41) is 8.22. The van der Waals surface area contributed by atoms with Crippen molar-refractivity contribution >= 4 is 70.6 Å². The molecule has 4 aromatic carbocycles. The van der Waals surface area contributed by atoms with E-state index in [1.165, 1.54) is 18.4 Å². The van der Waals surface area contributed by atoms with Gasteiger partial charge in [0.25, 0.3) is 11.8 Å². The zero-order valence-electron chi connectivity index (χ0n) is 20.6. The number of esters is 1. The van der Waals surface area contributed by atoms with Gasteiger partial charge in [-0.1, -0.05) is 46.9 Å². The first-order valence-electron chi connectivity index (χ1n) is 11.7. The van der Waals surface area contributed by atoms with Gasteiger partial charge in [0.05, 0.1) is 6.21 Å². The Morgan fingerprint density at radius 3 is 1.95 bits per heavy atom. The molecule has 200 valence electrons. The van der Waals surface area contributed by atoms with E-state index in [9.17, 15) is 14.4 Å². The van der Waals surface area contributed by atoms with Crippen LogP contribution in [0.2, 0.25) is 15.1 Å². The van der Waals surface area contributed by atoms with Gasteiger partial charge in [0.1, 0.15) is 5.75 Å². The summed E-state index contributed by atoms with van der Waals surface area (Å²) >= 11 is 17.8. The lowest BCUT2D eigenvalue weighted by molar-refractivity contribution is -0.128. The molecule has 0 unspecified atom stereocenters. The van der Waals surface area contributed by atoms with Crippen LogP contribution < -0.4 is 15.5 Å². The quantitative estimate of drug-likeness (QED) is 0.0739. The summed E-state index contributed by atoms with van der Waals surface area (Å²) in [5.74, 6) is -1.21. The van der Waals surface area contributed by atoms with Gasteiger partial charge < -0.3 is 10.1 Å². The van der Waals surface area contributed by atoms with Crippen LogP contribution in [-0.2, 0) is 4.79 Å². The van der Waals surface area contributed by atoms with Crippen molar-refractivity contribution in [1.29, 1.82) is 0 Å². The van der Waals surface area contributed by atoms with E-state index in [1.54, 1.807) is 91.0 Å². The molecule has 0 aliphatic heterocycles. The van der Waals surface area contributed by atoms with Gasteiger partial charge in [-0.05, 0) is 90.5 Å². The van der Waals surface area contributed by atoms with E-state index in [0.29, 0.717) is 37.4 Å². The Kier molecular flexibility index (Phi) is 9.70. The van der Waals surface area contributed by atoms with Gasteiger partial charge in [-0.15, -0.1) is 0 Å². The number of amides is 2. The summed E-state index contributed by atoms with van der Waals surface area (Å²) in [6.45, 7) is 0. The Morgan fingerprint density at radius 2 is 1.27 bits per heavy atom. The molecule has 2 N–H and O–H groups in total. The van der Waals surface area contributed by atoms with Crippen molar-refractivity contribution in [2.75, 3.05) is 5.32 Å². The van der Waals surface area contributed by atoms with Gasteiger partial charge in [-0.25, -0.2) is 10.2 Å². The predicted octanol–water partition coefficient (Wildman–Crippen LogP) is 7.28. The highest BCUT2D eigenvalue weighted by molar-refractivity contribution is 6.31. The average Bonchev–Trinajstić information content (AvgIpc) is 2.95. The van der Waals surface area contributed by atoms with Gasteiger partial charge in [-0.2, -0.15) is 5.10 Å². The van der Waals surface area contributed by atoms with E-state index in [-0.39, 0.29) is 11.7 Å². The molecule has 0 aliphatic rings. The molecule has 10 heteroatoms. The lowest BCUT2D eigenvalue weighted by atomic mass is 10.1. The third kappa shape index (κ3) is 8.28. The third-order valence-electron chi connectivity index (χ3n) is 5.35. The second kappa shape index (κ2) is 13.6. The zero-order valence-corrected chi connectivity index (χ0v) is 22.9. The molecule has 0 heterocycles. The van der Waals surface area contributed by atoms with Crippen molar-refractivity contribution in [1.82, 2.24) is 5.43 Å². The SMILES string of the molecule is O=C(/C=C/c1ccc(Cl)cc1)Oc1ccc(Cl)cc1/C=N/NC(=O)c1ccc(NC(=O)c2ccc(Cl)cc2)cc1. The summed E-state index contributed by atoms with van der Waals surface area (Å²) in [5.41, 5.74) is 4.84. The summed E-state index contributed by atoms with van der Waals surface area (Å²) < 4.78 is 5.42. The predicted molar refractivity (Wildman–Crippen MR) is 158 cm³/mol. The Labute approximate surface area is 245 Å². The molecule has 0 saturated heterocycles. The van der Waals surface area contributed by atoms with Crippen molar-refractivity contribution in [3.8, 4) is 5.75 Å². The van der Waals surface area contributed by atoms with Gasteiger partial charge in [-0.3, -0.25) is 9.59 Å². The monoisotopic (exact) mass is 591 g/mol. The van der Waals surface area contributed by atoms with E-state index in [1.807, 2.05) is 0 Å². The van der Waals surface area contributed by atoms with E-state index in [4.69, 9.17) is 39.5 Å². The summed E-state index contributed by atoms with van der Waals surface area (Å²) in [6.07, 6.45) is 4.19. The molecule has 0 fully saturated rings. The van der Waals surface area contributed by atoms with Crippen LogP contribution in [0.4, 0.5) is 5.69 Å². The molecule has 0 atom stereocenters. The lowest BCUT2D eigenvalue weighted by Gasteiger charge is -2.07. The maximum Gasteiger partial charge on any atom is 0.336 e. The normalized spacial score (nSPS) is 11.0. The van der Waals surface area contributed by atoms with Crippen LogP contribution in [0.5, 0.6) is 5.75 Å².